The van der Waals surface area contributed by atoms with Crippen molar-refractivity contribution in [3.8, 4) is 5.75 Å². The minimum Gasteiger partial charge on any atom is -0.497 e. The lowest BCUT2D eigenvalue weighted by Gasteiger charge is -2.04. The number of carbonyl (C=O) groups excluding carboxylic acids is 2. The molecule has 0 spiro atoms. The Morgan fingerprint density at radius 1 is 1.13 bits per heavy atom. The topological polar surface area (TPSA) is 68.3 Å². The number of amides is 1. The number of Topliss-reactive ketones (excluding diaryl/α,β-unsaturated/α-hetero) is 1. The fraction of sp³-hybridized carbons (Fsp3) is 0.227. The van der Waals surface area contributed by atoms with E-state index in [9.17, 15) is 14.0 Å². The van der Waals surface area contributed by atoms with Gasteiger partial charge in [0.05, 0.1) is 25.0 Å². The number of nitrogens with one attached hydrogen (secondary N) is 1. The Hall–Kier alpha value is -2.71. The van der Waals surface area contributed by atoms with E-state index in [0.29, 0.717) is 30.0 Å². The Morgan fingerprint density at radius 2 is 1.87 bits per heavy atom. The van der Waals surface area contributed by atoms with Crippen LogP contribution >= 0.6 is 23.1 Å². The molecule has 0 aliphatic heterocycles. The Morgan fingerprint density at radius 3 is 2.57 bits per heavy atom. The van der Waals surface area contributed by atoms with Gasteiger partial charge in [-0.2, -0.15) is 0 Å². The number of rotatable bonds is 10. The molecule has 0 radical (unpaired) electrons. The molecule has 8 heteroatoms. The second-order valence-electron chi connectivity index (χ2n) is 6.45. The monoisotopic (exact) mass is 444 g/mol. The summed E-state index contributed by atoms with van der Waals surface area (Å²) in [7, 11) is 1.58. The van der Waals surface area contributed by atoms with E-state index in [4.69, 9.17) is 4.74 Å². The maximum absolute atomic E-state index is 12.9. The average molecular weight is 445 g/mol. The van der Waals surface area contributed by atoms with Crippen molar-refractivity contribution in [3.63, 3.8) is 0 Å². The molecule has 1 heterocycles. The number of thioether (sulfide) groups is 1. The molecule has 1 amide bonds. The quantitative estimate of drug-likeness (QED) is 0.376. The standard InChI is InChI=1S/C22H21FN2O3S2/c1-28-19-8-4-16(5-9-19)20(26)14-30-22-25-18(13-29-22)12-21(27)24-11-10-15-2-6-17(23)7-3-15/h2-9,13H,10-12,14H2,1H3,(H,24,27). The first-order valence-electron chi connectivity index (χ1n) is 9.29. The molecule has 0 saturated carbocycles. The highest BCUT2D eigenvalue weighted by molar-refractivity contribution is 8.01. The first-order chi connectivity index (χ1) is 14.5. The van der Waals surface area contributed by atoms with Crippen molar-refractivity contribution < 1.29 is 18.7 Å². The van der Waals surface area contributed by atoms with Crippen molar-refractivity contribution in [3.05, 3.63) is 76.5 Å². The molecule has 30 heavy (non-hydrogen) atoms. The third kappa shape index (κ3) is 6.67. The fourth-order valence-corrected chi connectivity index (χ4v) is 4.39. The number of ether oxygens (including phenoxy) is 1. The average Bonchev–Trinajstić information content (AvgIpc) is 3.20. The summed E-state index contributed by atoms with van der Waals surface area (Å²) in [6, 6.07) is 13.2. The lowest BCUT2D eigenvalue weighted by atomic mass is 10.1. The van der Waals surface area contributed by atoms with Gasteiger partial charge in [0.1, 0.15) is 11.6 Å². The molecular weight excluding hydrogens is 423 g/mol. The predicted molar refractivity (Wildman–Crippen MR) is 117 cm³/mol. The van der Waals surface area contributed by atoms with Crippen LogP contribution in [0.5, 0.6) is 5.75 Å². The summed E-state index contributed by atoms with van der Waals surface area (Å²) in [5.41, 5.74) is 2.27. The summed E-state index contributed by atoms with van der Waals surface area (Å²) in [6.45, 7) is 0.479. The predicted octanol–water partition coefficient (Wildman–Crippen LogP) is 4.17. The molecule has 1 aromatic heterocycles. The van der Waals surface area contributed by atoms with E-state index in [0.717, 1.165) is 9.90 Å². The molecule has 0 atom stereocenters. The van der Waals surface area contributed by atoms with Crippen LogP contribution in [0.15, 0.2) is 58.3 Å². The van der Waals surface area contributed by atoms with Gasteiger partial charge in [-0.25, -0.2) is 9.37 Å². The third-order valence-electron chi connectivity index (χ3n) is 4.26. The minimum absolute atomic E-state index is 0.0120. The summed E-state index contributed by atoms with van der Waals surface area (Å²) in [6.07, 6.45) is 0.824. The Bertz CT molecular complexity index is 988. The number of thiazole rings is 1. The van der Waals surface area contributed by atoms with Crippen molar-refractivity contribution in [2.75, 3.05) is 19.4 Å². The maximum atomic E-state index is 12.9. The number of methoxy groups -OCH3 is 1. The zero-order chi connectivity index (χ0) is 21.3. The minimum atomic E-state index is -0.273. The van der Waals surface area contributed by atoms with E-state index in [1.807, 2.05) is 5.38 Å². The van der Waals surface area contributed by atoms with Gasteiger partial charge in [0.15, 0.2) is 10.1 Å². The number of hydrogen-bond acceptors (Lipinski definition) is 6. The van der Waals surface area contributed by atoms with Gasteiger partial charge < -0.3 is 10.1 Å². The maximum Gasteiger partial charge on any atom is 0.226 e. The molecule has 3 rings (SSSR count). The number of benzene rings is 2. The first kappa shape index (κ1) is 22.0. The molecule has 0 aliphatic carbocycles. The van der Waals surface area contributed by atoms with Crippen molar-refractivity contribution in [2.45, 2.75) is 17.2 Å². The van der Waals surface area contributed by atoms with E-state index < -0.39 is 0 Å². The van der Waals surface area contributed by atoms with Gasteiger partial charge in [0.2, 0.25) is 5.91 Å². The van der Waals surface area contributed by atoms with Gasteiger partial charge in [0.25, 0.3) is 0 Å². The number of halogens is 1. The molecule has 0 saturated heterocycles. The molecule has 0 unspecified atom stereocenters. The highest BCUT2D eigenvalue weighted by Gasteiger charge is 2.11. The summed E-state index contributed by atoms with van der Waals surface area (Å²) in [4.78, 5) is 28.8. The van der Waals surface area contributed by atoms with Crippen LogP contribution in [0, 0.1) is 5.82 Å². The molecule has 0 bridgehead atoms. The summed E-state index contributed by atoms with van der Waals surface area (Å²) in [5, 5.41) is 4.68. The second-order valence-corrected chi connectivity index (χ2v) is 8.53. The van der Waals surface area contributed by atoms with Gasteiger partial charge in [-0.15, -0.1) is 11.3 Å². The van der Waals surface area contributed by atoms with Gasteiger partial charge in [0, 0.05) is 17.5 Å². The van der Waals surface area contributed by atoms with Crippen LogP contribution in [-0.2, 0) is 17.6 Å². The van der Waals surface area contributed by atoms with Crippen LogP contribution in [0.1, 0.15) is 21.6 Å². The summed E-state index contributed by atoms with van der Waals surface area (Å²) >= 11 is 2.78. The van der Waals surface area contributed by atoms with Crippen molar-refractivity contribution in [1.29, 1.82) is 0 Å². The molecule has 156 valence electrons. The number of aromatic nitrogens is 1. The zero-order valence-corrected chi connectivity index (χ0v) is 18.0. The number of hydrogen-bond donors (Lipinski definition) is 1. The fourth-order valence-electron chi connectivity index (χ4n) is 2.65. The highest BCUT2D eigenvalue weighted by atomic mass is 32.2. The van der Waals surface area contributed by atoms with Crippen LogP contribution in [0.3, 0.4) is 0 Å². The second kappa shape index (κ2) is 10.9. The molecule has 0 aliphatic rings. The molecule has 1 N–H and O–H groups in total. The highest BCUT2D eigenvalue weighted by Crippen LogP contribution is 2.24. The molecule has 2 aromatic carbocycles. The number of carbonyl (C=O) groups is 2. The molecule has 5 nitrogen and oxygen atoms in total. The van der Waals surface area contributed by atoms with E-state index >= 15 is 0 Å². The van der Waals surface area contributed by atoms with Crippen molar-refractivity contribution in [2.24, 2.45) is 0 Å². The molecule has 3 aromatic rings. The lowest BCUT2D eigenvalue weighted by Crippen LogP contribution is -2.27. The van der Waals surface area contributed by atoms with E-state index in [2.05, 4.69) is 10.3 Å². The van der Waals surface area contributed by atoms with Crippen LogP contribution in [0.2, 0.25) is 0 Å². The summed E-state index contributed by atoms with van der Waals surface area (Å²) < 4.78 is 18.7. The van der Waals surface area contributed by atoms with E-state index in [1.54, 1.807) is 43.5 Å². The van der Waals surface area contributed by atoms with Crippen molar-refractivity contribution in [1.82, 2.24) is 10.3 Å². The van der Waals surface area contributed by atoms with Crippen LogP contribution in [0.4, 0.5) is 4.39 Å². The zero-order valence-electron chi connectivity index (χ0n) is 16.4. The van der Waals surface area contributed by atoms with Crippen LogP contribution in [-0.4, -0.2) is 36.1 Å². The smallest absolute Gasteiger partial charge is 0.226 e. The normalized spacial score (nSPS) is 10.6. The van der Waals surface area contributed by atoms with Crippen molar-refractivity contribution >= 4 is 34.8 Å². The van der Waals surface area contributed by atoms with Gasteiger partial charge in [-0.05, 0) is 48.4 Å². The lowest BCUT2D eigenvalue weighted by molar-refractivity contribution is -0.120. The number of ketones is 1. The van der Waals surface area contributed by atoms with Gasteiger partial charge in [-0.3, -0.25) is 9.59 Å². The summed E-state index contributed by atoms with van der Waals surface area (Å²) in [5.74, 6) is 0.611. The third-order valence-corrected chi connectivity index (χ3v) is 6.33. The Balaban J connectivity index is 1.41. The molecular formula is C22H21FN2O3S2. The molecule has 0 fully saturated rings. The number of nitrogens with zero attached hydrogens (tertiary/aromatic N) is 1. The van der Waals surface area contributed by atoms with Crippen LogP contribution in [0.25, 0.3) is 0 Å². The van der Waals surface area contributed by atoms with E-state index in [1.165, 1.54) is 35.2 Å². The SMILES string of the molecule is COc1ccc(C(=O)CSc2nc(CC(=O)NCCc3ccc(F)cc3)cs2)cc1. The van der Waals surface area contributed by atoms with Crippen LogP contribution < -0.4 is 10.1 Å². The Labute approximate surface area is 182 Å². The first-order valence-corrected chi connectivity index (χ1v) is 11.2. The van der Waals surface area contributed by atoms with Gasteiger partial charge >= 0.3 is 0 Å². The van der Waals surface area contributed by atoms with Gasteiger partial charge in [-0.1, -0.05) is 23.9 Å². The largest absolute Gasteiger partial charge is 0.497 e. The Kier molecular flexibility index (Phi) is 7.98. The van der Waals surface area contributed by atoms with E-state index in [-0.39, 0.29) is 29.7 Å².